The minimum Gasteiger partial charge on any atom is -0.357 e. The van der Waals surface area contributed by atoms with E-state index >= 15 is 0 Å². The van der Waals surface area contributed by atoms with Crippen molar-refractivity contribution in [1.29, 1.82) is 0 Å². The lowest BCUT2D eigenvalue weighted by atomic mass is 10.3. The Bertz CT molecular complexity index is 467. The summed E-state index contributed by atoms with van der Waals surface area (Å²) in [6.07, 6.45) is 4.58. The Hall–Kier alpha value is -1.05. The Morgan fingerprint density at radius 2 is 2.05 bits per heavy atom. The monoisotopic (exact) mass is 415 g/mol. The molecule has 1 aliphatic heterocycles. The van der Waals surface area contributed by atoms with Crippen LogP contribution >= 0.6 is 24.0 Å². The average Bonchev–Trinajstić information content (AvgIpc) is 3.37. The fourth-order valence-corrected chi connectivity index (χ4v) is 2.63. The fourth-order valence-electron chi connectivity index (χ4n) is 2.63. The molecule has 0 spiro atoms. The van der Waals surface area contributed by atoms with E-state index < -0.39 is 0 Å². The molecule has 0 amide bonds. The predicted molar refractivity (Wildman–Crippen MR) is 102 cm³/mol. The van der Waals surface area contributed by atoms with E-state index in [1.165, 1.54) is 12.8 Å². The molecule has 1 aromatic heterocycles. The summed E-state index contributed by atoms with van der Waals surface area (Å²) in [4.78, 5) is 14.0. The molecular formula is C16H26IN5. The number of rotatable bonds is 4. The highest BCUT2D eigenvalue weighted by molar-refractivity contribution is 14.0. The molecule has 1 saturated heterocycles. The van der Waals surface area contributed by atoms with Crippen molar-refractivity contribution in [3.8, 4) is 0 Å². The SMILES string of the molecule is CCNC(=NCC1CC1)N1CCN(c2ccccn2)CC1.I. The van der Waals surface area contributed by atoms with E-state index in [1.807, 2.05) is 12.3 Å². The molecule has 0 radical (unpaired) electrons. The van der Waals surface area contributed by atoms with Crippen LogP contribution in [0, 0.1) is 5.92 Å². The van der Waals surface area contributed by atoms with Gasteiger partial charge in [-0.2, -0.15) is 0 Å². The van der Waals surface area contributed by atoms with E-state index in [-0.39, 0.29) is 24.0 Å². The van der Waals surface area contributed by atoms with Gasteiger partial charge in [-0.15, -0.1) is 24.0 Å². The maximum Gasteiger partial charge on any atom is 0.194 e. The first-order valence-electron chi connectivity index (χ1n) is 8.06. The molecule has 1 aliphatic carbocycles. The number of nitrogens with zero attached hydrogens (tertiary/aromatic N) is 4. The van der Waals surface area contributed by atoms with Crippen molar-refractivity contribution in [2.75, 3.05) is 44.2 Å². The van der Waals surface area contributed by atoms with Gasteiger partial charge in [-0.25, -0.2) is 4.98 Å². The Morgan fingerprint density at radius 3 is 2.64 bits per heavy atom. The zero-order chi connectivity index (χ0) is 14.5. The van der Waals surface area contributed by atoms with Gasteiger partial charge in [0.1, 0.15) is 5.82 Å². The molecule has 122 valence electrons. The number of hydrogen-bond donors (Lipinski definition) is 1. The second-order valence-electron chi connectivity index (χ2n) is 5.80. The van der Waals surface area contributed by atoms with Gasteiger partial charge in [0.25, 0.3) is 0 Å². The summed E-state index contributed by atoms with van der Waals surface area (Å²) in [5.41, 5.74) is 0. The van der Waals surface area contributed by atoms with Gasteiger partial charge in [-0.3, -0.25) is 4.99 Å². The van der Waals surface area contributed by atoms with E-state index in [4.69, 9.17) is 4.99 Å². The number of piperazine rings is 1. The summed E-state index contributed by atoms with van der Waals surface area (Å²) in [5, 5.41) is 3.43. The Kier molecular flexibility index (Phi) is 6.72. The molecule has 1 saturated carbocycles. The lowest BCUT2D eigenvalue weighted by molar-refractivity contribution is 0.371. The number of nitrogens with one attached hydrogen (secondary N) is 1. The van der Waals surface area contributed by atoms with Crippen LogP contribution in [0.5, 0.6) is 0 Å². The van der Waals surface area contributed by atoms with Crippen molar-refractivity contribution in [3.05, 3.63) is 24.4 Å². The number of anilines is 1. The normalized spacial score (nSPS) is 18.9. The van der Waals surface area contributed by atoms with Gasteiger partial charge in [-0.05, 0) is 37.8 Å². The summed E-state index contributed by atoms with van der Waals surface area (Å²) in [7, 11) is 0. The summed E-state index contributed by atoms with van der Waals surface area (Å²) in [6.45, 7) is 8.08. The summed E-state index contributed by atoms with van der Waals surface area (Å²) in [5.74, 6) is 3.01. The van der Waals surface area contributed by atoms with Gasteiger partial charge in [-0.1, -0.05) is 6.07 Å². The van der Waals surface area contributed by atoms with Crippen molar-refractivity contribution < 1.29 is 0 Å². The lowest BCUT2D eigenvalue weighted by Gasteiger charge is -2.37. The Morgan fingerprint density at radius 1 is 1.27 bits per heavy atom. The third-order valence-electron chi connectivity index (χ3n) is 4.08. The van der Waals surface area contributed by atoms with Gasteiger partial charge in [0.2, 0.25) is 0 Å². The second kappa shape index (κ2) is 8.55. The van der Waals surface area contributed by atoms with Gasteiger partial charge < -0.3 is 15.1 Å². The molecule has 6 heteroatoms. The number of aliphatic imine (C=N–C) groups is 1. The first-order valence-corrected chi connectivity index (χ1v) is 8.06. The number of aromatic nitrogens is 1. The van der Waals surface area contributed by atoms with E-state index in [0.717, 1.165) is 57.0 Å². The smallest absolute Gasteiger partial charge is 0.194 e. The second-order valence-corrected chi connectivity index (χ2v) is 5.80. The molecular weight excluding hydrogens is 389 g/mol. The molecule has 2 heterocycles. The van der Waals surface area contributed by atoms with Crippen LogP contribution in [0.2, 0.25) is 0 Å². The zero-order valence-electron chi connectivity index (χ0n) is 13.2. The molecule has 0 unspecified atom stereocenters. The van der Waals surface area contributed by atoms with Crippen LogP contribution in [-0.4, -0.2) is 55.1 Å². The Balaban J connectivity index is 0.00000176. The molecule has 0 bridgehead atoms. The highest BCUT2D eigenvalue weighted by atomic mass is 127. The number of guanidine groups is 1. The summed E-state index contributed by atoms with van der Waals surface area (Å²) >= 11 is 0. The van der Waals surface area contributed by atoms with E-state index in [0.29, 0.717) is 0 Å². The van der Waals surface area contributed by atoms with Gasteiger partial charge >= 0.3 is 0 Å². The van der Waals surface area contributed by atoms with Gasteiger partial charge in [0, 0.05) is 45.5 Å². The molecule has 3 rings (SSSR count). The standard InChI is InChI=1S/C16H25N5.HI/c1-2-17-16(19-13-14-6-7-14)21-11-9-20(10-12-21)15-5-3-4-8-18-15;/h3-5,8,14H,2,6-7,9-13H2,1H3,(H,17,19);1H. The fraction of sp³-hybridized carbons (Fsp3) is 0.625. The quantitative estimate of drug-likeness (QED) is 0.465. The number of hydrogen-bond acceptors (Lipinski definition) is 3. The zero-order valence-corrected chi connectivity index (χ0v) is 15.6. The molecule has 0 aromatic carbocycles. The highest BCUT2D eigenvalue weighted by Crippen LogP contribution is 2.28. The van der Waals surface area contributed by atoms with Crippen LogP contribution in [0.1, 0.15) is 19.8 Å². The summed E-state index contributed by atoms with van der Waals surface area (Å²) < 4.78 is 0. The number of pyridine rings is 1. The average molecular weight is 415 g/mol. The third-order valence-corrected chi connectivity index (χ3v) is 4.08. The van der Waals surface area contributed by atoms with Gasteiger partial charge in [0.05, 0.1) is 0 Å². The summed E-state index contributed by atoms with van der Waals surface area (Å²) in [6, 6.07) is 6.10. The van der Waals surface area contributed by atoms with Crippen molar-refractivity contribution in [3.63, 3.8) is 0 Å². The topological polar surface area (TPSA) is 43.8 Å². The third kappa shape index (κ3) is 4.72. The van der Waals surface area contributed by atoms with Crippen molar-refractivity contribution >= 4 is 35.8 Å². The van der Waals surface area contributed by atoms with Crippen LogP contribution in [0.4, 0.5) is 5.82 Å². The van der Waals surface area contributed by atoms with Crippen LogP contribution < -0.4 is 10.2 Å². The maximum atomic E-state index is 4.79. The maximum absolute atomic E-state index is 4.79. The van der Waals surface area contributed by atoms with Crippen LogP contribution in [-0.2, 0) is 0 Å². The molecule has 1 aromatic rings. The Labute approximate surface area is 150 Å². The highest BCUT2D eigenvalue weighted by Gasteiger charge is 2.23. The first-order chi connectivity index (χ1) is 10.4. The van der Waals surface area contributed by atoms with Crippen LogP contribution in [0.15, 0.2) is 29.4 Å². The first kappa shape index (κ1) is 17.3. The minimum absolute atomic E-state index is 0. The van der Waals surface area contributed by atoms with Crippen molar-refractivity contribution in [2.45, 2.75) is 19.8 Å². The minimum atomic E-state index is 0. The van der Waals surface area contributed by atoms with E-state index in [2.05, 4.69) is 39.2 Å². The number of halogens is 1. The molecule has 0 atom stereocenters. The van der Waals surface area contributed by atoms with Crippen LogP contribution in [0.3, 0.4) is 0 Å². The van der Waals surface area contributed by atoms with Gasteiger partial charge in [0.15, 0.2) is 5.96 Å². The van der Waals surface area contributed by atoms with Crippen LogP contribution in [0.25, 0.3) is 0 Å². The van der Waals surface area contributed by atoms with Crippen molar-refractivity contribution in [2.24, 2.45) is 10.9 Å². The largest absolute Gasteiger partial charge is 0.357 e. The molecule has 22 heavy (non-hydrogen) atoms. The predicted octanol–water partition coefficient (Wildman–Crippen LogP) is 2.20. The van der Waals surface area contributed by atoms with Crippen molar-refractivity contribution in [1.82, 2.24) is 15.2 Å². The molecule has 1 N–H and O–H groups in total. The molecule has 2 aliphatic rings. The lowest BCUT2D eigenvalue weighted by Crippen LogP contribution is -2.52. The van der Waals surface area contributed by atoms with E-state index in [9.17, 15) is 0 Å². The van der Waals surface area contributed by atoms with E-state index in [1.54, 1.807) is 0 Å². The molecule has 5 nitrogen and oxygen atoms in total. The molecule has 2 fully saturated rings.